The van der Waals surface area contributed by atoms with Gasteiger partial charge in [-0.05, 0) is 24.1 Å². The van der Waals surface area contributed by atoms with E-state index in [-0.39, 0.29) is 0 Å². The number of hydrogen-bond donors (Lipinski definition) is 0. The number of nitrogens with zero attached hydrogens (tertiary/aromatic N) is 4. The van der Waals surface area contributed by atoms with Crippen molar-refractivity contribution in [3.05, 3.63) is 47.5 Å². The standard InChI is InChI=1S/C14H15ClN4/c1-2-7-14(8-16,9-19-11-17-10-18-19)12-3-5-13(15)6-4-12/h3-6,10-11H,2,7,9H2,1H3/t14-/m1/s1. The van der Waals surface area contributed by atoms with Crippen LogP contribution in [0.4, 0.5) is 0 Å². The van der Waals surface area contributed by atoms with E-state index in [0.29, 0.717) is 11.6 Å². The van der Waals surface area contributed by atoms with Crippen molar-refractivity contribution in [3.63, 3.8) is 0 Å². The van der Waals surface area contributed by atoms with E-state index in [0.717, 1.165) is 18.4 Å². The Bertz CT molecular complexity index is 556. The fourth-order valence-corrected chi connectivity index (χ4v) is 2.38. The first-order chi connectivity index (χ1) is 9.20. The maximum Gasteiger partial charge on any atom is 0.137 e. The number of halogens is 1. The minimum Gasteiger partial charge on any atom is -0.251 e. The average molecular weight is 275 g/mol. The monoisotopic (exact) mass is 274 g/mol. The van der Waals surface area contributed by atoms with Crippen LogP contribution in [0, 0.1) is 11.3 Å². The van der Waals surface area contributed by atoms with Crippen LogP contribution in [0.1, 0.15) is 25.3 Å². The van der Waals surface area contributed by atoms with Gasteiger partial charge in [-0.2, -0.15) is 10.4 Å². The van der Waals surface area contributed by atoms with E-state index in [1.165, 1.54) is 6.33 Å². The quantitative estimate of drug-likeness (QED) is 0.841. The van der Waals surface area contributed by atoms with Crippen LogP contribution in [-0.2, 0) is 12.0 Å². The second kappa shape index (κ2) is 5.85. The molecule has 0 N–H and O–H groups in total. The van der Waals surface area contributed by atoms with E-state index in [4.69, 9.17) is 11.6 Å². The molecular formula is C14H15ClN4. The molecule has 0 radical (unpaired) electrons. The molecule has 1 heterocycles. The summed E-state index contributed by atoms with van der Waals surface area (Å²) in [4.78, 5) is 3.93. The minimum absolute atomic E-state index is 0.499. The highest BCUT2D eigenvalue weighted by molar-refractivity contribution is 6.30. The van der Waals surface area contributed by atoms with Crippen LogP contribution >= 0.6 is 11.6 Å². The summed E-state index contributed by atoms with van der Waals surface area (Å²) in [7, 11) is 0. The van der Waals surface area contributed by atoms with Gasteiger partial charge in [-0.25, -0.2) is 4.98 Å². The first-order valence-corrected chi connectivity index (χ1v) is 6.58. The van der Waals surface area contributed by atoms with Crippen LogP contribution in [0.5, 0.6) is 0 Å². The Morgan fingerprint density at radius 2 is 2.11 bits per heavy atom. The van der Waals surface area contributed by atoms with Gasteiger partial charge in [-0.3, -0.25) is 4.68 Å². The molecule has 0 bridgehead atoms. The highest BCUT2D eigenvalue weighted by Crippen LogP contribution is 2.31. The van der Waals surface area contributed by atoms with Crippen molar-refractivity contribution in [2.45, 2.75) is 31.7 Å². The Kier molecular flexibility index (Phi) is 4.18. The molecule has 1 aromatic heterocycles. The second-order valence-electron chi connectivity index (χ2n) is 4.54. The van der Waals surface area contributed by atoms with Gasteiger partial charge in [0.25, 0.3) is 0 Å². The Morgan fingerprint density at radius 1 is 1.37 bits per heavy atom. The molecular weight excluding hydrogens is 260 g/mol. The molecule has 2 aromatic rings. The Labute approximate surface area is 117 Å². The van der Waals surface area contributed by atoms with E-state index in [9.17, 15) is 5.26 Å². The van der Waals surface area contributed by atoms with Crippen LogP contribution in [0.15, 0.2) is 36.9 Å². The normalized spacial score (nSPS) is 13.7. The second-order valence-corrected chi connectivity index (χ2v) is 4.98. The molecule has 0 saturated heterocycles. The first kappa shape index (κ1) is 13.6. The SMILES string of the molecule is CCC[C@@](C#N)(Cn1cncn1)c1ccc(Cl)cc1. The highest BCUT2D eigenvalue weighted by atomic mass is 35.5. The summed E-state index contributed by atoms with van der Waals surface area (Å²) < 4.78 is 1.70. The van der Waals surface area contributed by atoms with Crippen LogP contribution in [0.2, 0.25) is 5.02 Å². The maximum absolute atomic E-state index is 9.68. The van der Waals surface area contributed by atoms with Gasteiger partial charge < -0.3 is 0 Å². The molecule has 0 fully saturated rings. The zero-order chi connectivity index (χ0) is 13.7. The molecule has 4 nitrogen and oxygen atoms in total. The fraction of sp³-hybridized carbons (Fsp3) is 0.357. The summed E-state index contributed by atoms with van der Waals surface area (Å²) in [6.07, 6.45) is 4.81. The topological polar surface area (TPSA) is 54.5 Å². The summed E-state index contributed by atoms with van der Waals surface area (Å²) in [5.74, 6) is 0. The molecule has 5 heteroatoms. The number of benzene rings is 1. The third kappa shape index (κ3) is 2.94. The summed E-state index contributed by atoms with van der Waals surface area (Å²) in [5.41, 5.74) is 0.379. The van der Waals surface area contributed by atoms with Crippen LogP contribution < -0.4 is 0 Å². The minimum atomic E-state index is -0.590. The molecule has 98 valence electrons. The summed E-state index contributed by atoms with van der Waals surface area (Å²) >= 11 is 5.91. The predicted molar refractivity (Wildman–Crippen MR) is 73.7 cm³/mol. The molecule has 1 aromatic carbocycles. The summed E-state index contributed by atoms with van der Waals surface area (Å²) in [6, 6.07) is 9.93. The van der Waals surface area contributed by atoms with Gasteiger partial charge in [-0.1, -0.05) is 37.1 Å². The van der Waals surface area contributed by atoms with E-state index < -0.39 is 5.41 Å². The molecule has 0 aliphatic carbocycles. The van der Waals surface area contributed by atoms with Gasteiger partial charge >= 0.3 is 0 Å². The Morgan fingerprint density at radius 3 is 2.63 bits per heavy atom. The average Bonchev–Trinajstić information content (AvgIpc) is 2.92. The van der Waals surface area contributed by atoms with Gasteiger partial charge in [0.2, 0.25) is 0 Å². The van der Waals surface area contributed by atoms with Gasteiger partial charge in [0, 0.05) is 5.02 Å². The van der Waals surface area contributed by atoms with Crippen molar-refractivity contribution >= 4 is 11.6 Å². The fourth-order valence-electron chi connectivity index (χ4n) is 2.26. The maximum atomic E-state index is 9.68. The third-order valence-electron chi connectivity index (χ3n) is 3.19. The van der Waals surface area contributed by atoms with E-state index in [2.05, 4.69) is 23.1 Å². The van der Waals surface area contributed by atoms with Crippen molar-refractivity contribution in [2.75, 3.05) is 0 Å². The van der Waals surface area contributed by atoms with Crippen molar-refractivity contribution < 1.29 is 0 Å². The predicted octanol–water partition coefficient (Wildman–Crippen LogP) is 3.19. The molecule has 2 rings (SSSR count). The number of nitriles is 1. The smallest absolute Gasteiger partial charge is 0.137 e. The molecule has 0 spiro atoms. The zero-order valence-corrected chi connectivity index (χ0v) is 11.5. The molecule has 1 atom stereocenters. The summed E-state index contributed by atoms with van der Waals surface area (Å²) in [6.45, 7) is 2.57. The van der Waals surface area contributed by atoms with Crippen LogP contribution in [0.3, 0.4) is 0 Å². The molecule has 0 unspecified atom stereocenters. The van der Waals surface area contributed by atoms with E-state index in [1.807, 2.05) is 24.3 Å². The van der Waals surface area contributed by atoms with Gasteiger partial charge in [0.1, 0.15) is 18.1 Å². The lowest BCUT2D eigenvalue weighted by molar-refractivity contribution is 0.398. The van der Waals surface area contributed by atoms with Crippen LogP contribution in [-0.4, -0.2) is 14.8 Å². The van der Waals surface area contributed by atoms with Crippen molar-refractivity contribution in [1.29, 1.82) is 5.26 Å². The zero-order valence-electron chi connectivity index (χ0n) is 10.8. The molecule has 0 aliphatic heterocycles. The highest BCUT2D eigenvalue weighted by Gasteiger charge is 2.32. The molecule has 19 heavy (non-hydrogen) atoms. The van der Waals surface area contributed by atoms with Gasteiger partial charge in [0.15, 0.2) is 0 Å². The lowest BCUT2D eigenvalue weighted by Crippen LogP contribution is -2.30. The number of aromatic nitrogens is 3. The molecule has 0 amide bonds. The van der Waals surface area contributed by atoms with Gasteiger partial charge in [-0.15, -0.1) is 0 Å². The Hall–Kier alpha value is -1.86. The lowest BCUT2D eigenvalue weighted by atomic mass is 9.78. The Balaban J connectivity index is 2.38. The van der Waals surface area contributed by atoms with Gasteiger partial charge in [0.05, 0.1) is 12.6 Å². The largest absolute Gasteiger partial charge is 0.251 e. The van der Waals surface area contributed by atoms with E-state index >= 15 is 0 Å². The first-order valence-electron chi connectivity index (χ1n) is 6.20. The molecule has 0 aliphatic rings. The number of rotatable bonds is 5. The van der Waals surface area contributed by atoms with Crippen molar-refractivity contribution in [3.8, 4) is 6.07 Å². The van der Waals surface area contributed by atoms with Crippen molar-refractivity contribution in [2.24, 2.45) is 0 Å². The van der Waals surface area contributed by atoms with Crippen molar-refractivity contribution in [1.82, 2.24) is 14.8 Å². The number of hydrogen-bond acceptors (Lipinski definition) is 3. The molecule has 0 saturated carbocycles. The van der Waals surface area contributed by atoms with E-state index in [1.54, 1.807) is 11.0 Å². The third-order valence-corrected chi connectivity index (χ3v) is 3.44. The lowest BCUT2D eigenvalue weighted by Gasteiger charge is -2.26. The van der Waals surface area contributed by atoms with Crippen LogP contribution in [0.25, 0.3) is 0 Å². The summed E-state index contributed by atoms with van der Waals surface area (Å²) in [5, 5.41) is 14.5.